The first-order valence-corrected chi connectivity index (χ1v) is 12.8. The summed E-state index contributed by atoms with van der Waals surface area (Å²) in [5.74, 6) is 1.51. The molecule has 0 radical (unpaired) electrons. The second-order valence-electron chi connectivity index (χ2n) is 12.0. The number of aliphatic carboxylic acids is 1. The van der Waals surface area contributed by atoms with Gasteiger partial charge in [0.1, 0.15) is 0 Å². The van der Waals surface area contributed by atoms with Gasteiger partial charge < -0.3 is 25.5 Å². The minimum atomic E-state index is -1.10. The van der Waals surface area contributed by atoms with E-state index in [0.29, 0.717) is 30.1 Å². The molecular formula is C26H40O6. The Morgan fingerprint density at radius 3 is 2.41 bits per heavy atom. The van der Waals surface area contributed by atoms with Crippen LogP contribution in [0.5, 0.6) is 0 Å². The number of allylic oxidation sites excluding steroid dienone is 2. The third-order valence-electron chi connectivity index (χ3n) is 10.9. The van der Waals surface area contributed by atoms with Gasteiger partial charge in [0, 0.05) is 5.41 Å². The van der Waals surface area contributed by atoms with E-state index in [1.54, 1.807) is 0 Å². The number of aliphatic hydroxyl groups excluding tert-OH is 4. The minimum Gasteiger partial charge on any atom is -0.481 e. The molecule has 0 amide bonds. The Labute approximate surface area is 190 Å². The number of hydrogen-bond donors (Lipinski definition) is 5. The molecule has 32 heavy (non-hydrogen) atoms. The molecule has 5 aliphatic carbocycles. The van der Waals surface area contributed by atoms with E-state index in [4.69, 9.17) is 0 Å². The fourth-order valence-electron chi connectivity index (χ4n) is 9.21. The topological polar surface area (TPSA) is 118 Å². The lowest BCUT2D eigenvalue weighted by molar-refractivity contribution is -0.205. The second kappa shape index (κ2) is 8.07. The molecule has 180 valence electrons. The van der Waals surface area contributed by atoms with Gasteiger partial charge >= 0.3 is 5.97 Å². The summed E-state index contributed by atoms with van der Waals surface area (Å²) in [5.41, 5.74) is -0.231. The third kappa shape index (κ3) is 3.02. The molecule has 3 unspecified atom stereocenters. The maximum atomic E-state index is 12.4. The average molecular weight is 449 g/mol. The molecule has 0 aliphatic heterocycles. The van der Waals surface area contributed by atoms with Gasteiger partial charge in [0.05, 0.1) is 30.8 Å². The van der Waals surface area contributed by atoms with Gasteiger partial charge in [0.25, 0.3) is 0 Å². The summed E-state index contributed by atoms with van der Waals surface area (Å²) in [4.78, 5) is 12.4. The Morgan fingerprint density at radius 2 is 1.72 bits per heavy atom. The van der Waals surface area contributed by atoms with Crippen molar-refractivity contribution in [3.8, 4) is 0 Å². The van der Waals surface area contributed by atoms with Crippen LogP contribution in [-0.2, 0) is 4.79 Å². The highest BCUT2D eigenvalue weighted by molar-refractivity contribution is 5.76. The van der Waals surface area contributed by atoms with Gasteiger partial charge in [-0.1, -0.05) is 18.6 Å². The van der Waals surface area contributed by atoms with E-state index in [1.165, 1.54) is 5.57 Å². The number of carbonyl (C=O) groups is 1. The van der Waals surface area contributed by atoms with Gasteiger partial charge in [-0.2, -0.15) is 0 Å². The fourth-order valence-corrected chi connectivity index (χ4v) is 9.21. The van der Waals surface area contributed by atoms with E-state index in [-0.39, 0.29) is 31.0 Å². The van der Waals surface area contributed by atoms with Crippen molar-refractivity contribution in [2.45, 2.75) is 76.9 Å². The molecule has 5 N–H and O–H groups in total. The number of aliphatic hydroxyl groups is 4. The number of hydrogen-bond acceptors (Lipinski definition) is 5. The number of carboxylic acids is 1. The van der Waals surface area contributed by atoms with Crippen LogP contribution in [0.3, 0.4) is 0 Å². The normalized spacial score (nSPS) is 49.7. The maximum Gasteiger partial charge on any atom is 0.310 e. The summed E-state index contributed by atoms with van der Waals surface area (Å²) in [6, 6.07) is 0. The van der Waals surface area contributed by atoms with E-state index >= 15 is 0 Å². The number of fused-ring (bicyclic) bond motifs is 7. The molecule has 0 aromatic carbocycles. The molecule has 4 fully saturated rings. The Bertz CT molecular complexity index is 774. The molecule has 0 aromatic heterocycles. The zero-order chi connectivity index (χ0) is 22.8. The number of carboxylic acid groups (broad SMARTS) is 1. The van der Waals surface area contributed by atoms with Gasteiger partial charge in [-0.05, 0) is 99.2 Å². The molecule has 5 aliphatic rings. The lowest BCUT2D eigenvalue weighted by Crippen LogP contribution is -2.62. The van der Waals surface area contributed by atoms with Crippen molar-refractivity contribution in [3.63, 3.8) is 0 Å². The minimum absolute atomic E-state index is 0.00324. The van der Waals surface area contributed by atoms with E-state index in [1.807, 2.05) is 0 Å². The Kier molecular flexibility index (Phi) is 5.76. The molecule has 4 saturated carbocycles. The van der Waals surface area contributed by atoms with Gasteiger partial charge in [-0.25, -0.2) is 0 Å². The maximum absolute atomic E-state index is 12.4. The first-order chi connectivity index (χ1) is 15.3. The quantitative estimate of drug-likeness (QED) is 0.424. The van der Waals surface area contributed by atoms with E-state index in [0.717, 1.165) is 51.4 Å². The smallest absolute Gasteiger partial charge is 0.310 e. The highest BCUT2D eigenvalue weighted by Crippen LogP contribution is 2.64. The van der Waals surface area contributed by atoms with Crippen molar-refractivity contribution < 1.29 is 30.3 Å². The van der Waals surface area contributed by atoms with Crippen molar-refractivity contribution in [3.05, 3.63) is 11.6 Å². The zero-order valence-corrected chi connectivity index (χ0v) is 19.2. The van der Waals surface area contributed by atoms with E-state index < -0.39 is 29.0 Å². The Hall–Kier alpha value is -0.950. The van der Waals surface area contributed by atoms with Crippen molar-refractivity contribution in [1.29, 1.82) is 0 Å². The Morgan fingerprint density at radius 1 is 1.00 bits per heavy atom. The first kappa shape index (κ1) is 22.8. The van der Waals surface area contributed by atoms with E-state index in [9.17, 15) is 30.3 Å². The third-order valence-corrected chi connectivity index (χ3v) is 10.9. The summed E-state index contributed by atoms with van der Waals surface area (Å²) in [7, 11) is 0. The standard InChI is InChI=1S/C26H40O6/c1-14-6-8-25(24(31)32)9-7-17-15-4-5-20-19(16(15)2-3-18(17)21(25)10-14)11-22(29)23(30)26(20,12-27)13-28/h3,14-17,19-23,27-30H,2,4-13H2,1H3,(H,31,32)/t14-,15+,16?,17-,19+,20?,21?,22+,23-,25-/m0/s1. The molecule has 0 bridgehead atoms. The van der Waals surface area contributed by atoms with Crippen LogP contribution in [-0.4, -0.2) is 56.9 Å². The van der Waals surface area contributed by atoms with Crippen molar-refractivity contribution >= 4 is 5.97 Å². The molecule has 0 saturated heterocycles. The summed E-state index contributed by atoms with van der Waals surface area (Å²) in [6.07, 6.45) is 8.01. The summed E-state index contributed by atoms with van der Waals surface area (Å²) >= 11 is 0. The van der Waals surface area contributed by atoms with Crippen molar-refractivity contribution in [1.82, 2.24) is 0 Å². The lowest BCUT2D eigenvalue weighted by atomic mass is 9.45. The molecule has 6 heteroatoms. The van der Waals surface area contributed by atoms with Crippen LogP contribution in [0.1, 0.15) is 64.7 Å². The largest absolute Gasteiger partial charge is 0.481 e. The first-order valence-electron chi connectivity index (χ1n) is 12.8. The molecule has 6 nitrogen and oxygen atoms in total. The van der Waals surface area contributed by atoms with Crippen LogP contribution >= 0.6 is 0 Å². The highest BCUT2D eigenvalue weighted by atomic mass is 16.4. The zero-order valence-electron chi connectivity index (χ0n) is 19.2. The molecular weight excluding hydrogens is 408 g/mol. The van der Waals surface area contributed by atoms with Crippen molar-refractivity contribution in [2.24, 2.45) is 52.3 Å². The molecule has 5 rings (SSSR count). The summed E-state index contributed by atoms with van der Waals surface area (Å²) < 4.78 is 0. The van der Waals surface area contributed by atoms with Crippen molar-refractivity contribution in [2.75, 3.05) is 13.2 Å². The van der Waals surface area contributed by atoms with Crippen LogP contribution < -0.4 is 0 Å². The molecule has 10 atom stereocenters. The predicted molar refractivity (Wildman–Crippen MR) is 118 cm³/mol. The summed E-state index contributed by atoms with van der Waals surface area (Å²) in [6.45, 7) is 1.63. The SMILES string of the molecule is C[C@H]1CC[C@]2(C(=O)O)CC[C@@H]3C(=CCC4[C@H]5C[C@@H](O)[C@H](O)C(CO)(CO)C5CC[C@H]43)C2C1. The van der Waals surface area contributed by atoms with Gasteiger partial charge in [-0.3, -0.25) is 4.79 Å². The molecule has 0 aromatic rings. The second-order valence-corrected chi connectivity index (χ2v) is 12.0. The van der Waals surface area contributed by atoms with Gasteiger partial charge in [0.2, 0.25) is 0 Å². The molecule has 0 heterocycles. The van der Waals surface area contributed by atoms with Crippen LogP contribution in [0, 0.1) is 52.3 Å². The van der Waals surface area contributed by atoms with E-state index in [2.05, 4.69) is 13.0 Å². The fraction of sp³-hybridized carbons (Fsp3) is 0.885. The monoisotopic (exact) mass is 448 g/mol. The lowest BCUT2D eigenvalue weighted by Gasteiger charge is -2.60. The van der Waals surface area contributed by atoms with Crippen LogP contribution in [0.15, 0.2) is 11.6 Å². The Balaban J connectivity index is 1.47. The van der Waals surface area contributed by atoms with Crippen LogP contribution in [0.25, 0.3) is 0 Å². The average Bonchev–Trinajstić information content (AvgIpc) is 2.79. The summed E-state index contributed by atoms with van der Waals surface area (Å²) in [5, 5.41) is 52.0. The van der Waals surface area contributed by atoms with Gasteiger partial charge in [0.15, 0.2) is 0 Å². The number of rotatable bonds is 3. The van der Waals surface area contributed by atoms with Crippen LogP contribution in [0.4, 0.5) is 0 Å². The predicted octanol–water partition coefficient (Wildman–Crippen LogP) is 2.59. The van der Waals surface area contributed by atoms with Gasteiger partial charge in [-0.15, -0.1) is 0 Å². The highest BCUT2D eigenvalue weighted by Gasteiger charge is 2.61. The molecule has 0 spiro atoms. The van der Waals surface area contributed by atoms with Crippen LogP contribution in [0.2, 0.25) is 0 Å².